The molecule has 0 aliphatic carbocycles. The van der Waals surface area contributed by atoms with Gasteiger partial charge in [0.25, 0.3) is 0 Å². The fourth-order valence-corrected chi connectivity index (χ4v) is 1.18. The van der Waals surface area contributed by atoms with Crippen molar-refractivity contribution in [3.8, 4) is 5.75 Å². The molecule has 0 heterocycles. The number of amides is 1. The van der Waals surface area contributed by atoms with Crippen molar-refractivity contribution in [2.75, 3.05) is 12.3 Å². The molecule has 17 heavy (non-hydrogen) atoms. The van der Waals surface area contributed by atoms with Gasteiger partial charge in [0.05, 0.1) is 0 Å². The molecule has 0 atom stereocenters. The lowest BCUT2D eigenvalue weighted by molar-refractivity contribution is -0.116. The fourth-order valence-electron chi connectivity index (χ4n) is 1.18. The van der Waals surface area contributed by atoms with E-state index in [0.717, 1.165) is 6.42 Å². The van der Waals surface area contributed by atoms with E-state index in [1.54, 1.807) is 12.1 Å². The van der Waals surface area contributed by atoms with Crippen LogP contribution in [-0.4, -0.2) is 17.6 Å². The number of hydrogen-bond acceptors (Lipinski definition) is 3. The fraction of sp³-hybridized carbons (Fsp3) is 0.250. The second-order valence-electron chi connectivity index (χ2n) is 3.44. The molecular formula is C12H17ClN2O2. The predicted molar refractivity (Wildman–Crippen MR) is 72.1 cm³/mol. The smallest absolute Gasteiger partial charge is 0.244 e. The number of hydrogen-bond donors (Lipinski definition) is 3. The van der Waals surface area contributed by atoms with Gasteiger partial charge in [-0.2, -0.15) is 0 Å². The number of aromatic hydroxyl groups is 1. The summed E-state index contributed by atoms with van der Waals surface area (Å²) < 4.78 is 0. The Morgan fingerprint density at radius 2 is 2.24 bits per heavy atom. The van der Waals surface area contributed by atoms with Gasteiger partial charge in [0.2, 0.25) is 5.91 Å². The summed E-state index contributed by atoms with van der Waals surface area (Å²) in [5, 5.41) is 12.2. The number of halogens is 1. The van der Waals surface area contributed by atoms with Gasteiger partial charge in [-0.25, -0.2) is 0 Å². The molecule has 4 nitrogen and oxygen atoms in total. The number of nitrogens with two attached hydrogens (primary N) is 1. The van der Waals surface area contributed by atoms with Gasteiger partial charge >= 0.3 is 0 Å². The maximum absolute atomic E-state index is 11.3. The summed E-state index contributed by atoms with van der Waals surface area (Å²) >= 11 is 0. The molecule has 1 aromatic carbocycles. The van der Waals surface area contributed by atoms with Crippen molar-refractivity contribution < 1.29 is 9.90 Å². The Kier molecular flexibility index (Phi) is 6.82. The van der Waals surface area contributed by atoms with E-state index in [0.29, 0.717) is 17.8 Å². The minimum Gasteiger partial charge on any atom is -0.507 e. The molecule has 0 saturated heterocycles. The maximum Gasteiger partial charge on any atom is 0.244 e. The Bertz CT molecular complexity index is 405. The highest BCUT2D eigenvalue weighted by Gasteiger charge is 1.98. The van der Waals surface area contributed by atoms with Crippen molar-refractivity contribution in [2.45, 2.75) is 13.3 Å². The van der Waals surface area contributed by atoms with Gasteiger partial charge in [0.1, 0.15) is 5.75 Å². The number of anilines is 1. The summed E-state index contributed by atoms with van der Waals surface area (Å²) in [4.78, 5) is 11.3. The Hall–Kier alpha value is -1.68. The zero-order chi connectivity index (χ0) is 12.0. The molecule has 0 bridgehead atoms. The van der Waals surface area contributed by atoms with E-state index >= 15 is 0 Å². The first-order valence-corrected chi connectivity index (χ1v) is 5.18. The van der Waals surface area contributed by atoms with Crippen LogP contribution in [-0.2, 0) is 4.79 Å². The third-order valence-corrected chi connectivity index (χ3v) is 2.02. The average molecular weight is 257 g/mol. The van der Waals surface area contributed by atoms with E-state index in [2.05, 4.69) is 5.32 Å². The number of carbonyl (C=O) groups excluding carboxylic acids is 1. The number of nitrogen functional groups attached to an aromatic ring is 1. The summed E-state index contributed by atoms with van der Waals surface area (Å²) in [6, 6.07) is 4.71. The number of carbonyl (C=O) groups is 1. The van der Waals surface area contributed by atoms with Crippen molar-refractivity contribution in [3.05, 3.63) is 29.8 Å². The van der Waals surface area contributed by atoms with E-state index in [4.69, 9.17) is 5.73 Å². The summed E-state index contributed by atoms with van der Waals surface area (Å²) in [5.41, 5.74) is 6.65. The Labute approximate surface area is 107 Å². The highest BCUT2D eigenvalue weighted by atomic mass is 35.5. The summed E-state index contributed by atoms with van der Waals surface area (Å²) in [7, 11) is 0. The van der Waals surface area contributed by atoms with Gasteiger partial charge in [-0.1, -0.05) is 6.92 Å². The zero-order valence-electron chi connectivity index (χ0n) is 9.64. The molecule has 0 unspecified atom stereocenters. The van der Waals surface area contributed by atoms with Crippen molar-refractivity contribution in [3.63, 3.8) is 0 Å². The third-order valence-electron chi connectivity index (χ3n) is 2.02. The maximum atomic E-state index is 11.3. The van der Waals surface area contributed by atoms with E-state index in [-0.39, 0.29) is 24.1 Å². The zero-order valence-corrected chi connectivity index (χ0v) is 10.5. The van der Waals surface area contributed by atoms with Crippen molar-refractivity contribution in [1.82, 2.24) is 5.32 Å². The molecule has 1 amide bonds. The molecule has 0 fully saturated rings. The molecule has 0 radical (unpaired) electrons. The van der Waals surface area contributed by atoms with Gasteiger partial charge in [0, 0.05) is 23.9 Å². The summed E-state index contributed by atoms with van der Waals surface area (Å²) in [6.07, 6.45) is 3.81. The van der Waals surface area contributed by atoms with E-state index in [1.807, 2.05) is 6.92 Å². The third kappa shape index (κ3) is 5.26. The van der Waals surface area contributed by atoms with E-state index < -0.39 is 0 Å². The molecule has 0 aliphatic rings. The molecule has 1 rings (SSSR count). The van der Waals surface area contributed by atoms with Crippen LogP contribution in [0.1, 0.15) is 18.9 Å². The second kappa shape index (κ2) is 7.57. The van der Waals surface area contributed by atoms with E-state index in [9.17, 15) is 9.90 Å². The van der Waals surface area contributed by atoms with Crippen molar-refractivity contribution in [2.24, 2.45) is 0 Å². The van der Waals surface area contributed by atoms with Crippen molar-refractivity contribution in [1.29, 1.82) is 0 Å². The first-order chi connectivity index (χ1) is 7.63. The SMILES string of the molecule is CCCNC(=O)/C=C/c1cc(N)ccc1O.Cl. The second-order valence-corrected chi connectivity index (χ2v) is 3.44. The average Bonchev–Trinajstić information content (AvgIpc) is 2.27. The lowest BCUT2D eigenvalue weighted by atomic mass is 10.1. The number of benzene rings is 1. The number of rotatable bonds is 4. The Morgan fingerprint density at radius 1 is 1.53 bits per heavy atom. The van der Waals surface area contributed by atoms with Crippen LogP contribution in [0.2, 0.25) is 0 Å². The van der Waals surface area contributed by atoms with Crippen LogP contribution < -0.4 is 11.1 Å². The standard InChI is InChI=1S/C12H16N2O2.ClH/c1-2-7-14-12(16)6-3-9-8-10(13)4-5-11(9)15;/h3-6,8,15H,2,7,13H2,1H3,(H,14,16);1H/b6-3+;. The van der Waals surface area contributed by atoms with Crippen LogP contribution in [0.3, 0.4) is 0 Å². The summed E-state index contributed by atoms with van der Waals surface area (Å²) in [5.74, 6) is -0.0718. The van der Waals surface area contributed by atoms with Crippen LogP contribution in [0.5, 0.6) is 5.75 Å². The first kappa shape index (κ1) is 15.3. The molecule has 0 aromatic heterocycles. The van der Waals surface area contributed by atoms with Gasteiger partial charge in [-0.3, -0.25) is 4.79 Å². The van der Waals surface area contributed by atoms with Crippen LogP contribution in [0.4, 0.5) is 5.69 Å². The Morgan fingerprint density at radius 3 is 2.88 bits per heavy atom. The van der Waals surface area contributed by atoms with Gasteiger partial charge < -0.3 is 16.2 Å². The Balaban J connectivity index is 0.00000256. The van der Waals surface area contributed by atoms with Crippen LogP contribution in [0.15, 0.2) is 24.3 Å². The molecule has 0 spiro atoms. The van der Waals surface area contributed by atoms with Crippen LogP contribution in [0.25, 0.3) is 6.08 Å². The highest BCUT2D eigenvalue weighted by Crippen LogP contribution is 2.20. The monoisotopic (exact) mass is 256 g/mol. The molecule has 1 aromatic rings. The first-order valence-electron chi connectivity index (χ1n) is 5.18. The normalized spacial score (nSPS) is 9.94. The van der Waals surface area contributed by atoms with E-state index in [1.165, 1.54) is 18.2 Å². The molecule has 4 N–H and O–H groups in total. The van der Waals surface area contributed by atoms with Crippen molar-refractivity contribution >= 4 is 30.1 Å². The lowest BCUT2D eigenvalue weighted by Gasteiger charge is -2.01. The predicted octanol–water partition coefficient (Wildman–Crippen LogP) is 1.94. The van der Waals surface area contributed by atoms with Gasteiger partial charge in [0.15, 0.2) is 0 Å². The molecule has 5 heteroatoms. The molecule has 0 saturated carbocycles. The summed E-state index contributed by atoms with van der Waals surface area (Å²) in [6.45, 7) is 2.62. The molecular weight excluding hydrogens is 240 g/mol. The molecule has 0 aliphatic heterocycles. The lowest BCUT2D eigenvalue weighted by Crippen LogP contribution is -2.21. The number of phenols is 1. The number of nitrogens with one attached hydrogen (secondary N) is 1. The minimum atomic E-state index is -0.177. The van der Waals surface area contributed by atoms with Gasteiger partial charge in [-0.05, 0) is 30.7 Å². The van der Waals surface area contributed by atoms with Crippen LogP contribution >= 0.6 is 12.4 Å². The van der Waals surface area contributed by atoms with Crippen LogP contribution in [0, 0.1) is 0 Å². The highest BCUT2D eigenvalue weighted by molar-refractivity contribution is 5.92. The molecule has 94 valence electrons. The topological polar surface area (TPSA) is 75.4 Å². The largest absolute Gasteiger partial charge is 0.507 e. The minimum absolute atomic E-state index is 0. The quantitative estimate of drug-likeness (QED) is 0.438. The van der Waals surface area contributed by atoms with Gasteiger partial charge in [-0.15, -0.1) is 12.4 Å². The number of phenolic OH excluding ortho intramolecular Hbond substituents is 1.